The molecule has 0 radical (unpaired) electrons. The number of carbonyl (C=O) groups excluding carboxylic acids is 1. The Hall–Kier alpha value is -3.61. The second kappa shape index (κ2) is 7.76. The third-order valence-electron chi connectivity index (χ3n) is 6.90. The van der Waals surface area contributed by atoms with E-state index in [1.54, 1.807) is 17.9 Å². The van der Waals surface area contributed by atoms with E-state index in [9.17, 15) is 9.59 Å². The highest BCUT2D eigenvalue weighted by atomic mass is 16.3. The fourth-order valence-electron chi connectivity index (χ4n) is 4.87. The van der Waals surface area contributed by atoms with Gasteiger partial charge in [0, 0.05) is 43.5 Å². The molecule has 2 aliphatic rings. The summed E-state index contributed by atoms with van der Waals surface area (Å²) in [5.74, 6) is 1.48. The van der Waals surface area contributed by atoms with Crippen molar-refractivity contribution >= 4 is 16.9 Å². The van der Waals surface area contributed by atoms with Crippen LogP contribution in [0.5, 0.6) is 0 Å². The second-order valence-corrected chi connectivity index (χ2v) is 9.30. The van der Waals surface area contributed by atoms with Crippen LogP contribution in [0.15, 0.2) is 64.0 Å². The van der Waals surface area contributed by atoms with E-state index in [1.165, 1.54) is 4.68 Å². The van der Waals surface area contributed by atoms with Crippen molar-refractivity contribution in [3.8, 4) is 22.5 Å². The van der Waals surface area contributed by atoms with Gasteiger partial charge in [-0.3, -0.25) is 9.36 Å². The quantitative estimate of drug-likeness (QED) is 0.470. The molecular weight excluding hydrogens is 416 g/mol. The van der Waals surface area contributed by atoms with E-state index < -0.39 is 0 Å². The summed E-state index contributed by atoms with van der Waals surface area (Å²) in [7, 11) is 1.69. The molecule has 1 unspecified atom stereocenters. The Morgan fingerprint density at radius 1 is 1.03 bits per heavy atom. The molecule has 1 saturated carbocycles. The van der Waals surface area contributed by atoms with Gasteiger partial charge in [0.05, 0.1) is 6.26 Å². The molecule has 1 amide bonds. The van der Waals surface area contributed by atoms with Gasteiger partial charge in [-0.15, -0.1) is 5.10 Å². The highest BCUT2D eigenvalue weighted by Gasteiger charge is 2.37. The van der Waals surface area contributed by atoms with Gasteiger partial charge in [0.1, 0.15) is 5.58 Å². The van der Waals surface area contributed by atoms with E-state index in [4.69, 9.17) is 4.42 Å². The molecule has 7 nitrogen and oxygen atoms in total. The molecule has 4 aromatic rings. The average molecular weight is 443 g/mol. The van der Waals surface area contributed by atoms with Gasteiger partial charge in [-0.05, 0) is 54.5 Å². The lowest BCUT2D eigenvalue weighted by molar-refractivity contribution is -0.131. The summed E-state index contributed by atoms with van der Waals surface area (Å²) in [6.07, 6.45) is 4.67. The zero-order chi connectivity index (χ0) is 22.5. The summed E-state index contributed by atoms with van der Waals surface area (Å²) in [6.45, 7) is 2.10. The Morgan fingerprint density at radius 2 is 1.79 bits per heavy atom. The zero-order valence-corrected chi connectivity index (χ0v) is 18.6. The molecule has 2 aromatic carbocycles. The number of amides is 1. The number of fused-ring (bicyclic) bond motifs is 1. The van der Waals surface area contributed by atoms with Crippen molar-refractivity contribution < 1.29 is 9.21 Å². The van der Waals surface area contributed by atoms with Crippen LogP contribution in [0.1, 0.15) is 19.3 Å². The molecular formula is C26H26N4O3. The Bertz CT molecular complexity index is 1390. The van der Waals surface area contributed by atoms with Gasteiger partial charge in [-0.25, -0.2) is 9.48 Å². The zero-order valence-electron chi connectivity index (χ0n) is 18.6. The first-order valence-corrected chi connectivity index (χ1v) is 11.6. The smallest absolute Gasteiger partial charge is 0.345 e. The number of nitrogens with zero attached hydrogens (tertiary/aromatic N) is 4. The van der Waals surface area contributed by atoms with Gasteiger partial charge >= 0.3 is 5.69 Å². The number of likely N-dealkylation sites (tertiary alicyclic amines) is 1. The van der Waals surface area contributed by atoms with E-state index in [-0.39, 0.29) is 17.5 Å². The molecule has 33 heavy (non-hydrogen) atoms. The Balaban J connectivity index is 1.25. The number of benzene rings is 2. The van der Waals surface area contributed by atoms with Crippen LogP contribution < -0.4 is 5.69 Å². The first-order valence-electron chi connectivity index (χ1n) is 11.6. The molecule has 0 bridgehead atoms. The Kier molecular flexibility index (Phi) is 4.71. The predicted molar refractivity (Wildman–Crippen MR) is 126 cm³/mol. The summed E-state index contributed by atoms with van der Waals surface area (Å²) in [6, 6.07) is 16.3. The molecule has 6 rings (SSSR count). The molecule has 2 fully saturated rings. The van der Waals surface area contributed by atoms with Crippen molar-refractivity contribution in [1.82, 2.24) is 19.2 Å². The highest BCUT2D eigenvalue weighted by Crippen LogP contribution is 2.33. The number of rotatable bonds is 5. The van der Waals surface area contributed by atoms with E-state index in [2.05, 4.69) is 23.3 Å². The van der Waals surface area contributed by atoms with Crippen molar-refractivity contribution in [2.45, 2.75) is 25.8 Å². The van der Waals surface area contributed by atoms with Gasteiger partial charge < -0.3 is 9.32 Å². The van der Waals surface area contributed by atoms with Crippen LogP contribution in [0.25, 0.3) is 33.5 Å². The maximum Gasteiger partial charge on any atom is 0.345 e. The SMILES string of the molecule is Cn1nc(-c2ccc(-c3ccc4occc4c3)cc2)n(CC2CCN(C(=O)C3CC3)C2)c1=O. The van der Waals surface area contributed by atoms with E-state index in [1.807, 2.05) is 35.2 Å². The maximum atomic E-state index is 12.8. The first kappa shape index (κ1) is 20.0. The normalized spacial score (nSPS) is 18.3. The molecule has 0 spiro atoms. The molecule has 1 aliphatic carbocycles. The fraction of sp³-hybridized carbons (Fsp3) is 0.346. The van der Waals surface area contributed by atoms with Gasteiger partial charge in [0.2, 0.25) is 5.91 Å². The van der Waals surface area contributed by atoms with Crippen molar-refractivity contribution in [2.24, 2.45) is 18.9 Å². The standard InChI is InChI=1S/C26H26N4O3/c1-28-26(32)30(16-17-10-12-29(15-17)25(31)20-6-7-20)24(27-28)19-4-2-18(3-5-19)21-8-9-23-22(14-21)11-13-33-23/h2-5,8-9,11,13-14,17,20H,6-7,10,12,15-16H2,1H3. The van der Waals surface area contributed by atoms with Gasteiger partial charge in [0.15, 0.2) is 5.82 Å². The fourth-order valence-corrected chi connectivity index (χ4v) is 4.87. The van der Waals surface area contributed by atoms with Gasteiger partial charge in [0.25, 0.3) is 0 Å². The van der Waals surface area contributed by atoms with Crippen LogP contribution in [0.3, 0.4) is 0 Å². The van der Waals surface area contributed by atoms with Crippen molar-refractivity contribution in [1.29, 1.82) is 0 Å². The van der Waals surface area contributed by atoms with Crippen LogP contribution >= 0.6 is 0 Å². The van der Waals surface area contributed by atoms with Gasteiger partial charge in [-0.1, -0.05) is 30.3 Å². The number of aromatic nitrogens is 3. The van der Waals surface area contributed by atoms with E-state index in [0.29, 0.717) is 18.3 Å². The largest absolute Gasteiger partial charge is 0.464 e. The topological polar surface area (TPSA) is 73.3 Å². The molecule has 0 N–H and O–H groups in total. The Labute approximate surface area is 191 Å². The van der Waals surface area contributed by atoms with E-state index >= 15 is 0 Å². The summed E-state index contributed by atoms with van der Waals surface area (Å²) < 4.78 is 8.60. The lowest BCUT2D eigenvalue weighted by atomic mass is 10.0. The minimum absolute atomic E-state index is 0.119. The second-order valence-electron chi connectivity index (χ2n) is 9.30. The molecule has 7 heteroatoms. The van der Waals surface area contributed by atoms with Crippen molar-refractivity contribution in [3.63, 3.8) is 0 Å². The van der Waals surface area contributed by atoms with Crippen LogP contribution in [-0.2, 0) is 18.4 Å². The number of carbonyl (C=O) groups is 1. The highest BCUT2D eigenvalue weighted by molar-refractivity contribution is 5.84. The van der Waals surface area contributed by atoms with Crippen LogP contribution in [0.4, 0.5) is 0 Å². The summed E-state index contributed by atoms with van der Waals surface area (Å²) in [4.78, 5) is 27.2. The lowest BCUT2D eigenvalue weighted by Gasteiger charge is -2.16. The van der Waals surface area contributed by atoms with Crippen LogP contribution in [0, 0.1) is 11.8 Å². The summed E-state index contributed by atoms with van der Waals surface area (Å²) in [5.41, 5.74) is 3.87. The van der Waals surface area contributed by atoms with Crippen LogP contribution in [0.2, 0.25) is 0 Å². The third kappa shape index (κ3) is 3.67. The molecule has 2 aromatic heterocycles. The van der Waals surface area contributed by atoms with E-state index in [0.717, 1.165) is 60.0 Å². The van der Waals surface area contributed by atoms with Crippen molar-refractivity contribution in [2.75, 3.05) is 13.1 Å². The van der Waals surface area contributed by atoms with Crippen LogP contribution in [-0.4, -0.2) is 38.2 Å². The number of hydrogen-bond acceptors (Lipinski definition) is 4. The van der Waals surface area contributed by atoms with Crippen molar-refractivity contribution in [3.05, 3.63) is 65.3 Å². The van der Waals surface area contributed by atoms with Gasteiger partial charge in [-0.2, -0.15) is 0 Å². The number of aryl methyl sites for hydroxylation is 1. The molecule has 1 aliphatic heterocycles. The molecule has 1 atom stereocenters. The maximum absolute atomic E-state index is 12.8. The third-order valence-corrected chi connectivity index (χ3v) is 6.90. The summed E-state index contributed by atoms with van der Waals surface area (Å²) >= 11 is 0. The first-order chi connectivity index (χ1) is 16.1. The molecule has 3 heterocycles. The minimum atomic E-state index is -0.119. The summed E-state index contributed by atoms with van der Waals surface area (Å²) in [5, 5.41) is 5.60. The number of furan rings is 1. The lowest BCUT2D eigenvalue weighted by Crippen LogP contribution is -2.31. The Morgan fingerprint density at radius 3 is 2.58 bits per heavy atom. The number of hydrogen-bond donors (Lipinski definition) is 0. The average Bonchev–Trinajstić information content (AvgIpc) is 3.28. The monoisotopic (exact) mass is 442 g/mol. The molecule has 1 saturated heterocycles. The predicted octanol–water partition coefficient (Wildman–Crippen LogP) is 3.92. The minimum Gasteiger partial charge on any atom is -0.464 e. The molecule has 168 valence electrons.